The van der Waals surface area contributed by atoms with Gasteiger partial charge in [-0.15, -0.1) is 5.10 Å². The number of hydrogen-bond donors (Lipinski definition) is 1. The van der Waals surface area contributed by atoms with Gasteiger partial charge in [0.2, 0.25) is 5.78 Å². The zero-order valence-electron chi connectivity index (χ0n) is 20.6. The first-order chi connectivity index (χ1) is 19.6. The van der Waals surface area contributed by atoms with Crippen LogP contribution in [0.4, 0.5) is 39.5 Å². The number of nitrogens with zero attached hydrogens (tertiary/aromatic N) is 5. The fourth-order valence-corrected chi connectivity index (χ4v) is 3.69. The predicted molar refractivity (Wildman–Crippen MR) is 124 cm³/mol. The topological polar surface area (TPSA) is 93.8 Å². The molecule has 0 fully saturated rings. The van der Waals surface area contributed by atoms with Crippen LogP contribution in [0.5, 0.6) is 0 Å². The van der Waals surface area contributed by atoms with Crippen molar-refractivity contribution in [2.75, 3.05) is 0 Å². The molecular weight excluding hydrogens is 585 g/mol. The van der Waals surface area contributed by atoms with Gasteiger partial charge in [-0.25, -0.2) is 13.5 Å². The Morgan fingerprint density at radius 2 is 1.52 bits per heavy atom. The minimum absolute atomic E-state index is 0.0234. The Labute approximate surface area is 229 Å². The average molecular weight is 599 g/mol. The molecule has 0 aliphatic heterocycles. The largest absolute Gasteiger partial charge is 0.461 e. The van der Waals surface area contributed by atoms with Crippen molar-refractivity contribution in [3.63, 3.8) is 0 Å². The molecule has 4 aromatic rings. The molecule has 7 nitrogen and oxygen atoms in total. The Bertz CT molecular complexity index is 1650. The van der Waals surface area contributed by atoms with Crippen LogP contribution in [0, 0.1) is 23.5 Å². The molecule has 42 heavy (non-hydrogen) atoms. The van der Waals surface area contributed by atoms with Gasteiger partial charge >= 0.3 is 18.0 Å². The first-order valence-corrected chi connectivity index (χ1v) is 11.4. The van der Waals surface area contributed by atoms with Crippen LogP contribution in [0.25, 0.3) is 0 Å². The van der Waals surface area contributed by atoms with E-state index in [-0.39, 0.29) is 11.1 Å². The van der Waals surface area contributed by atoms with Crippen LogP contribution in [0.15, 0.2) is 67.1 Å². The number of Topliss-reactive ketones (excluding diaryl/α,β-unsaturated/α-hetero) is 1. The van der Waals surface area contributed by atoms with Crippen LogP contribution < -0.4 is 0 Å². The van der Waals surface area contributed by atoms with E-state index in [2.05, 4.69) is 32.4 Å². The summed E-state index contributed by atoms with van der Waals surface area (Å²) in [7, 11) is 0. The molecule has 1 N–H and O–H groups in total. The van der Waals surface area contributed by atoms with E-state index in [1.54, 1.807) is 0 Å². The maximum absolute atomic E-state index is 15.8. The van der Waals surface area contributed by atoms with Gasteiger partial charge in [-0.1, -0.05) is 11.8 Å². The maximum atomic E-state index is 15.8. The second kappa shape index (κ2) is 10.9. The third-order valence-electron chi connectivity index (χ3n) is 5.90. The molecule has 2 aromatic carbocycles. The number of hydrogen-bond acceptors (Lipinski definition) is 6. The predicted octanol–water partition coefficient (Wildman–Crippen LogP) is 4.81. The van der Waals surface area contributed by atoms with Crippen LogP contribution in [0.1, 0.15) is 32.7 Å². The van der Waals surface area contributed by atoms with Crippen molar-refractivity contribution in [3.8, 4) is 11.8 Å². The lowest BCUT2D eigenvalue weighted by atomic mass is 9.84. The summed E-state index contributed by atoms with van der Waals surface area (Å²) < 4.78 is 124. The molecule has 1 atom stereocenters. The van der Waals surface area contributed by atoms with E-state index in [0.717, 1.165) is 36.8 Å². The number of aromatic nitrogens is 5. The van der Waals surface area contributed by atoms with E-state index < -0.39 is 64.4 Å². The van der Waals surface area contributed by atoms with Gasteiger partial charge < -0.3 is 5.11 Å². The summed E-state index contributed by atoms with van der Waals surface area (Å²) in [5.41, 5.74) is -6.19. The number of benzene rings is 2. The van der Waals surface area contributed by atoms with Gasteiger partial charge in [-0.05, 0) is 59.0 Å². The molecule has 0 saturated heterocycles. The highest BCUT2D eigenvalue weighted by Crippen LogP contribution is 2.46. The van der Waals surface area contributed by atoms with Crippen LogP contribution in [0.3, 0.4) is 0 Å². The van der Waals surface area contributed by atoms with Gasteiger partial charge in [0.1, 0.15) is 23.7 Å². The van der Waals surface area contributed by atoms with Crippen LogP contribution in [-0.2, 0) is 18.1 Å². The molecule has 4 rings (SSSR count). The molecule has 0 aliphatic rings. The number of halogens is 9. The number of tetrazole rings is 1. The van der Waals surface area contributed by atoms with Gasteiger partial charge in [0.15, 0.2) is 5.60 Å². The van der Waals surface area contributed by atoms with Crippen molar-refractivity contribution in [2.24, 2.45) is 0 Å². The Morgan fingerprint density at radius 1 is 0.881 bits per heavy atom. The second-order valence-electron chi connectivity index (χ2n) is 8.73. The normalized spacial score (nSPS) is 13.7. The number of ketones is 1. The van der Waals surface area contributed by atoms with Gasteiger partial charge in [0, 0.05) is 34.5 Å². The summed E-state index contributed by atoms with van der Waals surface area (Å²) in [6.07, 6.45) is -4.32. The SMILES string of the molecule is O=C(c1ccc(C#Cc2ccc(C(F)(F)C(O)(Cn3cnnn3)c3ccc(F)cc3F)nc2)cc1)C(F)(F)C(F)(F)F. The molecule has 0 amide bonds. The monoisotopic (exact) mass is 599 g/mol. The lowest BCUT2D eigenvalue weighted by Crippen LogP contribution is -2.48. The summed E-state index contributed by atoms with van der Waals surface area (Å²) in [4.78, 5) is 15.2. The summed E-state index contributed by atoms with van der Waals surface area (Å²) >= 11 is 0. The molecule has 2 heterocycles. The fraction of sp³-hybridized carbons (Fsp3) is 0.192. The number of carbonyl (C=O) groups excluding carboxylic acids is 1. The van der Waals surface area contributed by atoms with E-state index >= 15 is 8.78 Å². The van der Waals surface area contributed by atoms with Crippen LogP contribution in [-0.4, -0.2) is 48.2 Å². The van der Waals surface area contributed by atoms with Gasteiger partial charge in [0.25, 0.3) is 0 Å². The van der Waals surface area contributed by atoms with E-state index in [9.17, 15) is 40.6 Å². The highest BCUT2D eigenvalue weighted by molar-refractivity contribution is 6.02. The van der Waals surface area contributed by atoms with Gasteiger partial charge in [-0.2, -0.15) is 30.7 Å². The second-order valence-corrected chi connectivity index (χ2v) is 8.73. The number of aliphatic hydroxyl groups is 1. The van der Waals surface area contributed by atoms with Crippen LogP contribution in [0.2, 0.25) is 0 Å². The van der Waals surface area contributed by atoms with E-state index in [1.807, 2.05) is 0 Å². The third-order valence-corrected chi connectivity index (χ3v) is 5.90. The van der Waals surface area contributed by atoms with E-state index in [1.165, 1.54) is 0 Å². The molecular formula is C26H14F9N5O2. The number of rotatable bonds is 7. The smallest absolute Gasteiger partial charge is 0.377 e. The van der Waals surface area contributed by atoms with Crippen LogP contribution >= 0.6 is 0 Å². The summed E-state index contributed by atoms with van der Waals surface area (Å²) in [5, 5.41) is 21.1. The molecule has 0 spiro atoms. The Balaban J connectivity index is 1.60. The number of pyridine rings is 1. The summed E-state index contributed by atoms with van der Waals surface area (Å²) in [6.45, 7) is -1.06. The first-order valence-electron chi connectivity index (χ1n) is 11.4. The fourth-order valence-electron chi connectivity index (χ4n) is 3.69. The van der Waals surface area contributed by atoms with Crippen molar-refractivity contribution in [3.05, 3.63) is 107 Å². The lowest BCUT2D eigenvalue weighted by molar-refractivity contribution is -0.255. The maximum Gasteiger partial charge on any atom is 0.461 e. The molecule has 0 radical (unpaired) electrons. The number of carbonyl (C=O) groups is 1. The Morgan fingerprint density at radius 3 is 2.07 bits per heavy atom. The number of alkyl halides is 7. The molecule has 218 valence electrons. The average Bonchev–Trinajstić information content (AvgIpc) is 3.44. The minimum Gasteiger partial charge on any atom is -0.377 e. The molecule has 0 bridgehead atoms. The Kier molecular flexibility index (Phi) is 7.83. The molecule has 16 heteroatoms. The summed E-state index contributed by atoms with van der Waals surface area (Å²) in [6, 6.07) is 6.90. The zero-order chi connectivity index (χ0) is 30.9. The van der Waals surface area contributed by atoms with E-state index in [0.29, 0.717) is 35.0 Å². The van der Waals surface area contributed by atoms with Crippen molar-refractivity contribution < 1.29 is 49.4 Å². The Hall–Kier alpha value is -4.78. The minimum atomic E-state index is -6.07. The van der Waals surface area contributed by atoms with E-state index in [4.69, 9.17) is 0 Å². The molecule has 0 aliphatic carbocycles. The third kappa shape index (κ3) is 5.68. The zero-order valence-corrected chi connectivity index (χ0v) is 20.6. The van der Waals surface area contributed by atoms with Crippen molar-refractivity contribution in [1.29, 1.82) is 0 Å². The van der Waals surface area contributed by atoms with Crippen molar-refractivity contribution in [1.82, 2.24) is 25.2 Å². The quantitative estimate of drug-likeness (QED) is 0.186. The first kappa shape index (κ1) is 30.2. The molecule has 2 aromatic heterocycles. The van der Waals surface area contributed by atoms with Crippen molar-refractivity contribution in [2.45, 2.75) is 30.2 Å². The molecule has 0 saturated carbocycles. The summed E-state index contributed by atoms with van der Waals surface area (Å²) in [5.74, 6) is -9.90. The molecule has 1 unspecified atom stereocenters. The van der Waals surface area contributed by atoms with Gasteiger partial charge in [0.05, 0.1) is 6.54 Å². The van der Waals surface area contributed by atoms with Gasteiger partial charge in [-0.3, -0.25) is 9.78 Å². The lowest BCUT2D eigenvalue weighted by Gasteiger charge is -2.35. The highest BCUT2D eigenvalue weighted by Gasteiger charge is 2.63. The van der Waals surface area contributed by atoms with Crippen molar-refractivity contribution >= 4 is 5.78 Å². The standard InChI is InChI=1S/C26H14F9N5O2/c27-18-8-9-19(20(28)11-18)23(42,13-40-14-37-38-39-40)24(29,30)21-10-5-16(12-36-21)2-1-15-3-6-17(7-4-15)22(41)25(31,32)26(33,34)35/h3-12,14,42H,13H2. The highest BCUT2D eigenvalue weighted by atomic mass is 19.4.